The van der Waals surface area contributed by atoms with Gasteiger partial charge < -0.3 is 11.1 Å². The Bertz CT molecular complexity index is 540. The van der Waals surface area contributed by atoms with Gasteiger partial charge in [0.25, 0.3) is 5.91 Å². The Balaban J connectivity index is 1.95. The molecular formula is C15H19N3O. The molecule has 1 amide bonds. The molecule has 0 aliphatic heterocycles. The summed E-state index contributed by atoms with van der Waals surface area (Å²) in [5, 5.41) is 2.95. The molecule has 1 aromatic heterocycles. The molecule has 19 heavy (non-hydrogen) atoms. The Morgan fingerprint density at radius 2 is 2.32 bits per heavy atom. The number of nitrogens with one attached hydrogen (secondary N) is 1. The van der Waals surface area contributed by atoms with E-state index in [2.05, 4.69) is 36.0 Å². The number of carbonyl (C=O) groups excluding carboxylic acids is 1. The highest BCUT2D eigenvalue weighted by Gasteiger charge is 2.45. The van der Waals surface area contributed by atoms with Crippen molar-refractivity contribution in [2.75, 3.05) is 13.1 Å². The lowest BCUT2D eigenvalue weighted by atomic mass is 10.1. The molecule has 2 rings (SSSR count). The monoisotopic (exact) mass is 257 g/mol. The average molecular weight is 257 g/mol. The summed E-state index contributed by atoms with van der Waals surface area (Å²) < 4.78 is 0. The lowest BCUT2D eigenvalue weighted by Gasteiger charge is -2.06. The molecule has 1 heterocycles. The molecule has 1 atom stereocenters. The Labute approximate surface area is 113 Å². The molecule has 0 radical (unpaired) electrons. The smallest absolute Gasteiger partial charge is 0.252 e. The van der Waals surface area contributed by atoms with Crippen LogP contribution in [0.5, 0.6) is 0 Å². The Morgan fingerprint density at radius 1 is 1.58 bits per heavy atom. The first-order chi connectivity index (χ1) is 9.03. The number of carbonyl (C=O) groups is 1. The minimum absolute atomic E-state index is 0.0911. The van der Waals surface area contributed by atoms with Crippen molar-refractivity contribution in [3.63, 3.8) is 0 Å². The van der Waals surface area contributed by atoms with E-state index in [0.717, 1.165) is 6.54 Å². The van der Waals surface area contributed by atoms with Gasteiger partial charge in [-0.1, -0.05) is 25.7 Å². The van der Waals surface area contributed by atoms with Crippen LogP contribution in [-0.4, -0.2) is 24.0 Å². The molecular weight excluding hydrogens is 238 g/mol. The van der Waals surface area contributed by atoms with Gasteiger partial charge in [-0.15, -0.1) is 0 Å². The van der Waals surface area contributed by atoms with Crippen LogP contribution < -0.4 is 11.1 Å². The van der Waals surface area contributed by atoms with Gasteiger partial charge in [0.2, 0.25) is 0 Å². The molecule has 0 spiro atoms. The molecule has 1 aliphatic rings. The van der Waals surface area contributed by atoms with Crippen LogP contribution >= 0.6 is 0 Å². The average Bonchev–Trinajstić information content (AvgIpc) is 3.01. The van der Waals surface area contributed by atoms with Crippen molar-refractivity contribution in [2.24, 2.45) is 17.1 Å². The van der Waals surface area contributed by atoms with Crippen molar-refractivity contribution < 1.29 is 4.79 Å². The molecule has 1 unspecified atom stereocenters. The van der Waals surface area contributed by atoms with E-state index in [9.17, 15) is 4.79 Å². The van der Waals surface area contributed by atoms with E-state index in [-0.39, 0.29) is 5.91 Å². The van der Waals surface area contributed by atoms with Gasteiger partial charge in [-0.25, -0.2) is 0 Å². The summed E-state index contributed by atoms with van der Waals surface area (Å²) in [4.78, 5) is 16.0. The standard InChI is InChI=1S/C15H19N3O/c1-15(2)7-13(15)10-18-14(19)12-6-11(4-3-5-16)8-17-9-12/h6,8-9,13H,5,7,10,16H2,1-2H3,(H,18,19). The maximum atomic E-state index is 12.0. The van der Waals surface area contributed by atoms with Crippen molar-refractivity contribution in [1.82, 2.24) is 10.3 Å². The zero-order chi connectivity index (χ0) is 13.9. The largest absolute Gasteiger partial charge is 0.352 e. The van der Waals surface area contributed by atoms with E-state index in [0.29, 0.717) is 29.0 Å². The third-order valence-electron chi connectivity index (χ3n) is 3.56. The SMILES string of the molecule is CC1(C)CC1CNC(=O)c1cncc(C#CCN)c1. The fourth-order valence-corrected chi connectivity index (χ4v) is 2.03. The van der Waals surface area contributed by atoms with Crippen LogP contribution in [0.25, 0.3) is 0 Å². The van der Waals surface area contributed by atoms with Crippen molar-refractivity contribution in [2.45, 2.75) is 20.3 Å². The molecule has 0 bridgehead atoms. The summed E-state index contributed by atoms with van der Waals surface area (Å²) >= 11 is 0. The highest BCUT2D eigenvalue weighted by molar-refractivity contribution is 5.94. The highest BCUT2D eigenvalue weighted by Crippen LogP contribution is 2.50. The molecule has 0 aromatic carbocycles. The van der Waals surface area contributed by atoms with Gasteiger partial charge in [0.05, 0.1) is 12.1 Å². The number of nitrogens with zero attached hydrogens (tertiary/aromatic N) is 1. The summed E-state index contributed by atoms with van der Waals surface area (Å²) in [5.74, 6) is 6.12. The maximum absolute atomic E-state index is 12.0. The maximum Gasteiger partial charge on any atom is 0.252 e. The van der Waals surface area contributed by atoms with E-state index >= 15 is 0 Å². The van der Waals surface area contributed by atoms with Gasteiger partial charge in [-0.2, -0.15) is 0 Å². The van der Waals surface area contributed by atoms with Gasteiger partial charge in [0, 0.05) is 24.5 Å². The van der Waals surface area contributed by atoms with E-state index in [1.807, 2.05) is 0 Å². The Morgan fingerprint density at radius 3 is 2.95 bits per heavy atom. The van der Waals surface area contributed by atoms with Crippen LogP contribution in [0.15, 0.2) is 18.5 Å². The normalized spacial score (nSPS) is 19.2. The van der Waals surface area contributed by atoms with Crippen LogP contribution in [0.4, 0.5) is 0 Å². The fraction of sp³-hybridized carbons (Fsp3) is 0.467. The minimum atomic E-state index is -0.0911. The van der Waals surface area contributed by atoms with Gasteiger partial charge in [-0.05, 0) is 23.8 Å². The van der Waals surface area contributed by atoms with E-state index in [1.165, 1.54) is 6.42 Å². The first-order valence-corrected chi connectivity index (χ1v) is 6.45. The topological polar surface area (TPSA) is 68.0 Å². The number of hydrogen-bond acceptors (Lipinski definition) is 3. The van der Waals surface area contributed by atoms with Crippen LogP contribution in [0, 0.1) is 23.2 Å². The molecule has 1 aliphatic carbocycles. The number of rotatable bonds is 3. The summed E-state index contributed by atoms with van der Waals surface area (Å²) in [6.07, 6.45) is 4.36. The Hall–Kier alpha value is -1.86. The van der Waals surface area contributed by atoms with Gasteiger partial charge in [0.1, 0.15) is 0 Å². The van der Waals surface area contributed by atoms with E-state index in [4.69, 9.17) is 5.73 Å². The second-order valence-electron chi connectivity index (χ2n) is 5.57. The summed E-state index contributed by atoms with van der Waals surface area (Å²) in [5.41, 5.74) is 6.95. The minimum Gasteiger partial charge on any atom is -0.352 e. The molecule has 4 nitrogen and oxygen atoms in total. The predicted molar refractivity (Wildman–Crippen MR) is 74.4 cm³/mol. The van der Waals surface area contributed by atoms with Gasteiger partial charge >= 0.3 is 0 Å². The third-order valence-corrected chi connectivity index (χ3v) is 3.56. The molecule has 0 saturated heterocycles. The van der Waals surface area contributed by atoms with Crippen molar-refractivity contribution in [3.8, 4) is 11.8 Å². The number of hydrogen-bond donors (Lipinski definition) is 2. The predicted octanol–water partition coefficient (Wildman–Crippen LogP) is 1.17. The van der Waals surface area contributed by atoms with Crippen molar-refractivity contribution in [3.05, 3.63) is 29.6 Å². The first-order valence-electron chi connectivity index (χ1n) is 6.45. The summed E-state index contributed by atoms with van der Waals surface area (Å²) in [7, 11) is 0. The van der Waals surface area contributed by atoms with Gasteiger partial charge in [0.15, 0.2) is 0 Å². The lowest BCUT2D eigenvalue weighted by Crippen LogP contribution is -2.26. The van der Waals surface area contributed by atoms with Crippen molar-refractivity contribution in [1.29, 1.82) is 0 Å². The Kier molecular flexibility index (Phi) is 3.87. The zero-order valence-corrected chi connectivity index (χ0v) is 11.4. The highest BCUT2D eigenvalue weighted by atomic mass is 16.1. The number of pyridine rings is 1. The quantitative estimate of drug-likeness (QED) is 0.799. The van der Waals surface area contributed by atoms with Crippen LogP contribution in [0.3, 0.4) is 0 Å². The lowest BCUT2D eigenvalue weighted by molar-refractivity contribution is 0.0950. The second kappa shape index (κ2) is 5.41. The molecule has 1 fully saturated rings. The summed E-state index contributed by atoms with van der Waals surface area (Å²) in [6.45, 7) is 5.46. The summed E-state index contributed by atoms with van der Waals surface area (Å²) in [6, 6.07) is 1.74. The molecule has 1 saturated carbocycles. The molecule has 3 N–H and O–H groups in total. The molecule has 1 aromatic rings. The van der Waals surface area contributed by atoms with Crippen LogP contribution in [0.1, 0.15) is 36.2 Å². The molecule has 4 heteroatoms. The fourth-order valence-electron chi connectivity index (χ4n) is 2.03. The molecule has 100 valence electrons. The van der Waals surface area contributed by atoms with E-state index < -0.39 is 0 Å². The zero-order valence-electron chi connectivity index (χ0n) is 11.4. The van der Waals surface area contributed by atoms with Crippen LogP contribution in [-0.2, 0) is 0 Å². The number of nitrogens with two attached hydrogens (primary N) is 1. The van der Waals surface area contributed by atoms with E-state index in [1.54, 1.807) is 18.5 Å². The van der Waals surface area contributed by atoms with Gasteiger partial charge in [-0.3, -0.25) is 9.78 Å². The number of aromatic nitrogens is 1. The second-order valence-corrected chi connectivity index (χ2v) is 5.57. The third kappa shape index (κ3) is 3.55. The first kappa shape index (κ1) is 13.6. The van der Waals surface area contributed by atoms with Crippen LogP contribution in [0.2, 0.25) is 0 Å². The van der Waals surface area contributed by atoms with Crippen molar-refractivity contribution >= 4 is 5.91 Å². The number of amides is 1.